The fourth-order valence-electron chi connectivity index (χ4n) is 2.55. The SMILES string of the molecule is O=C(CNC(=O)Cc1cccs1)NCCc1c[nH]c2ccccc12. The van der Waals surface area contributed by atoms with E-state index < -0.39 is 0 Å². The van der Waals surface area contributed by atoms with Gasteiger partial charge < -0.3 is 15.6 Å². The zero-order valence-electron chi connectivity index (χ0n) is 13.2. The monoisotopic (exact) mass is 341 g/mol. The van der Waals surface area contributed by atoms with Gasteiger partial charge in [-0.3, -0.25) is 9.59 Å². The molecule has 2 heterocycles. The highest BCUT2D eigenvalue weighted by molar-refractivity contribution is 7.10. The van der Waals surface area contributed by atoms with E-state index in [1.807, 2.05) is 41.9 Å². The van der Waals surface area contributed by atoms with Crippen LogP contribution in [0.4, 0.5) is 0 Å². The van der Waals surface area contributed by atoms with Crippen molar-refractivity contribution < 1.29 is 9.59 Å². The molecule has 0 fully saturated rings. The third kappa shape index (κ3) is 4.23. The molecule has 0 saturated carbocycles. The van der Waals surface area contributed by atoms with E-state index in [0.717, 1.165) is 16.8 Å². The van der Waals surface area contributed by atoms with E-state index in [1.165, 1.54) is 22.3 Å². The predicted octanol–water partition coefficient (Wildman–Crippen LogP) is 2.25. The Morgan fingerprint density at radius 1 is 1.04 bits per heavy atom. The Morgan fingerprint density at radius 3 is 2.75 bits per heavy atom. The summed E-state index contributed by atoms with van der Waals surface area (Å²) in [7, 11) is 0. The zero-order valence-corrected chi connectivity index (χ0v) is 14.0. The average molecular weight is 341 g/mol. The number of para-hydroxylation sites is 1. The molecule has 1 aromatic carbocycles. The summed E-state index contributed by atoms with van der Waals surface area (Å²) in [5, 5.41) is 8.59. The molecule has 3 aromatic rings. The minimum Gasteiger partial charge on any atom is -0.361 e. The second-order valence-corrected chi connectivity index (χ2v) is 6.52. The zero-order chi connectivity index (χ0) is 16.8. The molecule has 2 aromatic heterocycles. The Bertz CT molecular complexity index is 824. The first-order valence-corrected chi connectivity index (χ1v) is 8.71. The number of thiophene rings is 1. The standard InChI is InChI=1S/C18H19N3O2S/c22-17(10-14-4-3-9-24-14)21-12-18(23)19-8-7-13-11-20-16-6-2-1-5-15(13)16/h1-6,9,11,20H,7-8,10,12H2,(H,19,23)(H,21,22). The molecule has 0 bridgehead atoms. The Morgan fingerprint density at radius 2 is 1.92 bits per heavy atom. The van der Waals surface area contributed by atoms with Crippen LogP contribution >= 0.6 is 11.3 Å². The second kappa shape index (κ2) is 7.79. The van der Waals surface area contributed by atoms with Crippen LogP contribution in [0.1, 0.15) is 10.4 Å². The minimum atomic E-state index is -0.172. The Labute approximate surface area is 144 Å². The van der Waals surface area contributed by atoms with E-state index in [0.29, 0.717) is 13.0 Å². The molecule has 24 heavy (non-hydrogen) atoms. The molecule has 0 aliphatic heterocycles. The van der Waals surface area contributed by atoms with Gasteiger partial charge in [0.15, 0.2) is 0 Å². The summed E-state index contributed by atoms with van der Waals surface area (Å²) in [4.78, 5) is 27.8. The topological polar surface area (TPSA) is 74.0 Å². The lowest BCUT2D eigenvalue weighted by Gasteiger charge is -2.06. The first kappa shape index (κ1) is 16.3. The maximum absolute atomic E-state index is 11.8. The summed E-state index contributed by atoms with van der Waals surface area (Å²) in [5.41, 5.74) is 2.27. The van der Waals surface area contributed by atoms with Crippen molar-refractivity contribution in [2.75, 3.05) is 13.1 Å². The highest BCUT2D eigenvalue weighted by Crippen LogP contribution is 2.17. The maximum Gasteiger partial charge on any atom is 0.239 e. The number of fused-ring (bicyclic) bond motifs is 1. The minimum absolute atomic E-state index is 0.0120. The lowest BCUT2D eigenvalue weighted by atomic mass is 10.1. The third-order valence-corrected chi connectivity index (χ3v) is 4.63. The first-order chi connectivity index (χ1) is 11.7. The van der Waals surface area contributed by atoms with Crippen LogP contribution in [0, 0.1) is 0 Å². The van der Waals surface area contributed by atoms with Crippen molar-refractivity contribution >= 4 is 34.1 Å². The fourth-order valence-corrected chi connectivity index (χ4v) is 3.25. The molecule has 6 heteroatoms. The van der Waals surface area contributed by atoms with Gasteiger partial charge in [-0.15, -0.1) is 11.3 Å². The van der Waals surface area contributed by atoms with Crippen LogP contribution in [-0.2, 0) is 22.4 Å². The van der Waals surface area contributed by atoms with Crippen molar-refractivity contribution in [1.29, 1.82) is 0 Å². The third-order valence-electron chi connectivity index (χ3n) is 3.75. The molecule has 0 atom stereocenters. The number of hydrogen-bond donors (Lipinski definition) is 3. The molecule has 5 nitrogen and oxygen atoms in total. The lowest BCUT2D eigenvalue weighted by molar-refractivity contribution is -0.125. The predicted molar refractivity (Wildman–Crippen MR) is 96.0 cm³/mol. The summed E-state index contributed by atoms with van der Waals surface area (Å²) in [6, 6.07) is 11.9. The number of carbonyl (C=O) groups is 2. The van der Waals surface area contributed by atoms with Crippen LogP contribution in [0.15, 0.2) is 48.0 Å². The Hall–Kier alpha value is -2.60. The van der Waals surface area contributed by atoms with Crippen molar-refractivity contribution in [2.24, 2.45) is 0 Å². The van der Waals surface area contributed by atoms with Gasteiger partial charge in [0.1, 0.15) is 0 Å². The van der Waals surface area contributed by atoms with Gasteiger partial charge in [-0.1, -0.05) is 24.3 Å². The van der Waals surface area contributed by atoms with Gasteiger partial charge in [0, 0.05) is 28.5 Å². The number of benzene rings is 1. The van der Waals surface area contributed by atoms with Crippen molar-refractivity contribution in [2.45, 2.75) is 12.8 Å². The molecular formula is C18H19N3O2S. The van der Waals surface area contributed by atoms with E-state index in [2.05, 4.69) is 21.7 Å². The van der Waals surface area contributed by atoms with Crippen molar-refractivity contribution in [3.8, 4) is 0 Å². The van der Waals surface area contributed by atoms with Crippen LogP contribution in [0.3, 0.4) is 0 Å². The fraction of sp³-hybridized carbons (Fsp3) is 0.222. The largest absolute Gasteiger partial charge is 0.361 e. The molecule has 3 N–H and O–H groups in total. The van der Waals surface area contributed by atoms with E-state index in [9.17, 15) is 9.59 Å². The summed E-state index contributed by atoms with van der Waals surface area (Å²) in [6.45, 7) is 0.555. The highest BCUT2D eigenvalue weighted by atomic mass is 32.1. The van der Waals surface area contributed by atoms with E-state index in [1.54, 1.807) is 0 Å². The summed E-state index contributed by atoms with van der Waals surface area (Å²) in [6.07, 6.45) is 3.04. The molecule has 0 saturated heterocycles. The van der Waals surface area contributed by atoms with Gasteiger partial charge in [-0.2, -0.15) is 0 Å². The number of aromatic nitrogens is 1. The van der Waals surface area contributed by atoms with Gasteiger partial charge in [-0.25, -0.2) is 0 Å². The van der Waals surface area contributed by atoms with Gasteiger partial charge >= 0.3 is 0 Å². The van der Waals surface area contributed by atoms with E-state index in [4.69, 9.17) is 0 Å². The van der Waals surface area contributed by atoms with Gasteiger partial charge in [0.25, 0.3) is 0 Å². The molecule has 124 valence electrons. The number of rotatable bonds is 7. The van der Waals surface area contributed by atoms with Crippen LogP contribution in [0.2, 0.25) is 0 Å². The summed E-state index contributed by atoms with van der Waals surface area (Å²) >= 11 is 1.53. The van der Waals surface area contributed by atoms with Crippen molar-refractivity contribution in [3.63, 3.8) is 0 Å². The van der Waals surface area contributed by atoms with Crippen molar-refractivity contribution in [1.82, 2.24) is 15.6 Å². The Balaban J connectivity index is 1.39. The quantitative estimate of drug-likeness (QED) is 0.617. The number of carbonyl (C=O) groups excluding carboxylic acids is 2. The molecular weight excluding hydrogens is 322 g/mol. The smallest absolute Gasteiger partial charge is 0.239 e. The number of nitrogens with one attached hydrogen (secondary N) is 3. The molecule has 2 amide bonds. The number of amides is 2. The molecule has 0 radical (unpaired) electrons. The maximum atomic E-state index is 11.8. The van der Waals surface area contributed by atoms with Gasteiger partial charge in [0.2, 0.25) is 11.8 Å². The summed E-state index contributed by atoms with van der Waals surface area (Å²) < 4.78 is 0. The molecule has 0 unspecified atom stereocenters. The highest BCUT2D eigenvalue weighted by Gasteiger charge is 2.08. The van der Waals surface area contributed by atoms with Gasteiger partial charge in [0.05, 0.1) is 13.0 Å². The normalized spacial score (nSPS) is 10.7. The molecule has 0 spiro atoms. The second-order valence-electron chi connectivity index (χ2n) is 5.49. The molecule has 3 rings (SSSR count). The number of hydrogen-bond acceptors (Lipinski definition) is 3. The van der Waals surface area contributed by atoms with E-state index in [-0.39, 0.29) is 18.4 Å². The van der Waals surface area contributed by atoms with Crippen LogP contribution < -0.4 is 10.6 Å². The molecule has 0 aliphatic carbocycles. The number of H-pyrrole nitrogens is 1. The van der Waals surface area contributed by atoms with Crippen LogP contribution in [0.25, 0.3) is 10.9 Å². The van der Waals surface area contributed by atoms with Crippen LogP contribution in [0.5, 0.6) is 0 Å². The first-order valence-electron chi connectivity index (χ1n) is 7.83. The van der Waals surface area contributed by atoms with Gasteiger partial charge in [-0.05, 0) is 29.5 Å². The average Bonchev–Trinajstić information content (AvgIpc) is 3.23. The van der Waals surface area contributed by atoms with Crippen LogP contribution in [-0.4, -0.2) is 29.9 Å². The Kier molecular flexibility index (Phi) is 5.28. The van der Waals surface area contributed by atoms with Crippen molar-refractivity contribution in [3.05, 3.63) is 58.4 Å². The lowest BCUT2D eigenvalue weighted by Crippen LogP contribution is -2.38. The van der Waals surface area contributed by atoms with E-state index >= 15 is 0 Å². The summed E-state index contributed by atoms with van der Waals surface area (Å²) in [5.74, 6) is -0.307. The molecule has 0 aliphatic rings. The number of aromatic amines is 1.